The molecule has 1 aliphatic heterocycles. The molecule has 3 rings (SSSR count). The van der Waals surface area contributed by atoms with Gasteiger partial charge in [0.15, 0.2) is 0 Å². The maximum absolute atomic E-state index is 12.4. The van der Waals surface area contributed by atoms with E-state index >= 15 is 0 Å². The van der Waals surface area contributed by atoms with Gasteiger partial charge in [0.05, 0.1) is 20.8 Å². The number of methoxy groups -OCH3 is 2. The molecule has 0 bridgehead atoms. The molecule has 0 saturated carbocycles. The van der Waals surface area contributed by atoms with E-state index in [1.54, 1.807) is 14.2 Å². The Labute approximate surface area is 178 Å². The summed E-state index contributed by atoms with van der Waals surface area (Å²) < 4.78 is 10.8. The smallest absolute Gasteiger partial charge is 0.321 e. The Morgan fingerprint density at radius 3 is 2.77 bits per heavy atom. The second-order valence-electron chi connectivity index (χ2n) is 7.90. The van der Waals surface area contributed by atoms with E-state index in [1.807, 2.05) is 18.2 Å². The van der Waals surface area contributed by atoms with Crippen LogP contribution in [-0.2, 0) is 4.79 Å². The van der Waals surface area contributed by atoms with Crippen LogP contribution in [0.25, 0.3) is 0 Å². The van der Waals surface area contributed by atoms with Crippen LogP contribution < -0.4 is 20.1 Å². The molecule has 1 unspecified atom stereocenters. The number of amides is 3. The zero-order valence-corrected chi connectivity index (χ0v) is 18.0. The van der Waals surface area contributed by atoms with Gasteiger partial charge in [-0.25, -0.2) is 4.79 Å². The van der Waals surface area contributed by atoms with Gasteiger partial charge < -0.3 is 14.8 Å². The van der Waals surface area contributed by atoms with Gasteiger partial charge in [-0.15, -0.1) is 0 Å². The van der Waals surface area contributed by atoms with E-state index in [9.17, 15) is 9.59 Å². The second-order valence-corrected chi connectivity index (χ2v) is 7.90. The van der Waals surface area contributed by atoms with Crippen molar-refractivity contribution in [3.63, 3.8) is 0 Å². The van der Waals surface area contributed by atoms with Crippen LogP contribution in [0.1, 0.15) is 56.6 Å². The Morgan fingerprint density at radius 2 is 2.03 bits per heavy atom. The zero-order valence-electron chi connectivity index (χ0n) is 18.0. The van der Waals surface area contributed by atoms with Crippen molar-refractivity contribution < 1.29 is 19.1 Å². The first-order valence-corrected chi connectivity index (χ1v) is 10.8. The molecule has 1 aromatic rings. The zero-order chi connectivity index (χ0) is 21.3. The molecule has 7 nitrogen and oxygen atoms in total. The summed E-state index contributed by atoms with van der Waals surface area (Å²) in [6.07, 6.45) is 9.80. The third kappa shape index (κ3) is 5.98. The Hall–Kier alpha value is -2.54. The summed E-state index contributed by atoms with van der Waals surface area (Å²) in [6, 6.07) is 5.42. The van der Waals surface area contributed by atoms with Gasteiger partial charge in [-0.1, -0.05) is 17.7 Å². The molecule has 164 valence electrons. The fourth-order valence-corrected chi connectivity index (χ4v) is 4.32. The highest BCUT2D eigenvalue weighted by Gasteiger charge is 2.30. The van der Waals surface area contributed by atoms with Gasteiger partial charge in [0, 0.05) is 24.2 Å². The fraction of sp³-hybridized carbons (Fsp3) is 0.565. The van der Waals surface area contributed by atoms with Crippen molar-refractivity contribution in [2.45, 2.75) is 51.0 Å². The number of rotatable bonds is 8. The van der Waals surface area contributed by atoms with Crippen molar-refractivity contribution in [1.82, 2.24) is 15.5 Å². The molecule has 1 saturated heterocycles. The van der Waals surface area contributed by atoms with Crippen molar-refractivity contribution in [1.29, 1.82) is 0 Å². The lowest BCUT2D eigenvalue weighted by molar-refractivity contribution is -0.121. The van der Waals surface area contributed by atoms with Gasteiger partial charge in [-0.2, -0.15) is 0 Å². The largest absolute Gasteiger partial charge is 0.497 e. The average Bonchev–Trinajstić information content (AvgIpc) is 3.21. The van der Waals surface area contributed by atoms with Gasteiger partial charge in [0.1, 0.15) is 11.5 Å². The molecule has 2 N–H and O–H groups in total. The third-order valence-corrected chi connectivity index (χ3v) is 5.88. The van der Waals surface area contributed by atoms with Gasteiger partial charge in [0.2, 0.25) is 5.91 Å². The van der Waals surface area contributed by atoms with E-state index in [0.717, 1.165) is 55.7 Å². The summed E-state index contributed by atoms with van der Waals surface area (Å²) in [4.78, 5) is 26.6. The molecule has 0 spiro atoms. The van der Waals surface area contributed by atoms with Crippen molar-refractivity contribution in [2.24, 2.45) is 0 Å². The Balaban J connectivity index is 1.49. The van der Waals surface area contributed by atoms with Crippen LogP contribution >= 0.6 is 0 Å². The summed E-state index contributed by atoms with van der Waals surface area (Å²) >= 11 is 0. The summed E-state index contributed by atoms with van der Waals surface area (Å²) in [5, 5.41) is 5.26. The first kappa shape index (κ1) is 22.2. The molecule has 1 aromatic carbocycles. The predicted octanol–water partition coefficient (Wildman–Crippen LogP) is 3.56. The SMILES string of the molecule is COc1ccc(C2CCCN2CC(=O)NC(=O)NCCC2=CCCCC2)c(OC)c1. The molecule has 1 heterocycles. The summed E-state index contributed by atoms with van der Waals surface area (Å²) in [5.41, 5.74) is 2.44. The number of likely N-dealkylation sites (tertiary alicyclic amines) is 1. The van der Waals surface area contributed by atoms with Crippen LogP contribution in [-0.4, -0.2) is 50.7 Å². The lowest BCUT2D eigenvalue weighted by Gasteiger charge is -2.25. The summed E-state index contributed by atoms with van der Waals surface area (Å²) in [6.45, 7) is 1.54. The Morgan fingerprint density at radius 1 is 1.17 bits per heavy atom. The molecule has 0 aromatic heterocycles. The van der Waals surface area contributed by atoms with Crippen LogP contribution in [0.4, 0.5) is 4.79 Å². The molecule has 7 heteroatoms. The van der Waals surface area contributed by atoms with Crippen molar-refractivity contribution >= 4 is 11.9 Å². The monoisotopic (exact) mass is 415 g/mol. The molecule has 30 heavy (non-hydrogen) atoms. The highest BCUT2D eigenvalue weighted by Crippen LogP contribution is 2.38. The minimum atomic E-state index is -0.422. The van der Waals surface area contributed by atoms with Crippen LogP contribution in [0.3, 0.4) is 0 Å². The van der Waals surface area contributed by atoms with Crippen LogP contribution in [0, 0.1) is 0 Å². The highest BCUT2D eigenvalue weighted by atomic mass is 16.5. The predicted molar refractivity (Wildman–Crippen MR) is 116 cm³/mol. The number of carbonyl (C=O) groups excluding carboxylic acids is 2. The number of hydrogen-bond acceptors (Lipinski definition) is 5. The molecule has 1 fully saturated rings. The lowest BCUT2D eigenvalue weighted by Crippen LogP contribution is -2.44. The van der Waals surface area contributed by atoms with Crippen LogP contribution in [0.5, 0.6) is 11.5 Å². The average molecular weight is 416 g/mol. The molecule has 1 atom stereocenters. The number of ether oxygens (including phenoxy) is 2. The quantitative estimate of drug-likeness (QED) is 0.635. The Bertz CT molecular complexity index is 778. The van der Waals surface area contributed by atoms with Crippen molar-refractivity contribution in [3.05, 3.63) is 35.4 Å². The van der Waals surface area contributed by atoms with Gasteiger partial charge in [-0.05, 0) is 57.6 Å². The van der Waals surface area contributed by atoms with Crippen molar-refractivity contribution in [2.75, 3.05) is 33.9 Å². The topological polar surface area (TPSA) is 79.9 Å². The molecular formula is C23H33N3O4. The standard InChI is InChI=1S/C23H33N3O4/c1-29-18-10-11-19(21(15-18)30-2)20-9-6-14-26(20)16-22(27)25-23(28)24-13-12-17-7-4-3-5-8-17/h7,10-11,15,20H,3-6,8-9,12-14,16H2,1-2H3,(H2,24,25,27,28). The number of nitrogens with zero attached hydrogens (tertiary/aromatic N) is 1. The van der Waals surface area contributed by atoms with Crippen molar-refractivity contribution in [3.8, 4) is 11.5 Å². The second kappa shape index (κ2) is 11.0. The minimum absolute atomic E-state index is 0.0814. The normalized spacial score (nSPS) is 19.1. The Kier molecular flexibility index (Phi) is 8.13. The number of imide groups is 1. The maximum Gasteiger partial charge on any atom is 0.321 e. The molecule has 1 aliphatic carbocycles. The van der Waals surface area contributed by atoms with Gasteiger partial charge in [-0.3, -0.25) is 15.0 Å². The van der Waals surface area contributed by atoms with E-state index in [0.29, 0.717) is 6.54 Å². The molecule has 3 amide bonds. The van der Waals surface area contributed by atoms with E-state index in [4.69, 9.17) is 9.47 Å². The van der Waals surface area contributed by atoms with Gasteiger partial charge in [0.25, 0.3) is 0 Å². The number of benzene rings is 1. The lowest BCUT2D eigenvalue weighted by atomic mass is 9.97. The minimum Gasteiger partial charge on any atom is -0.497 e. The van der Waals surface area contributed by atoms with E-state index in [-0.39, 0.29) is 18.5 Å². The number of carbonyl (C=O) groups is 2. The highest BCUT2D eigenvalue weighted by molar-refractivity contribution is 5.95. The van der Waals surface area contributed by atoms with Crippen LogP contribution in [0.2, 0.25) is 0 Å². The summed E-state index contributed by atoms with van der Waals surface area (Å²) in [7, 11) is 3.26. The molecule has 0 radical (unpaired) electrons. The maximum atomic E-state index is 12.4. The number of nitrogens with one attached hydrogen (secondary N) is 2. The first-order chi connectivity index (χ1) is 14.6. The van der Waals surface area contributed by atoms with E-state index < -0.39 is 6.03 Å². The number of allylic oxidation sites excluding steroid dienone is 1. The fourth-order valence-electron chi connectivity index (χ4n) is 4.32. The van der Waals surface area contributed by atoms with E-state index in [2.05, 4.69) is 21.6 Å². The summed E-state index contributed by atoms with van der Waals surface area (Å²) in [5.74, 6) is 1.20. The third-order valence-electron chi connectivity index (χ3n) is 5.88. The van der Waals surface area contributed by atoms with E-state index in [1.165, 1.54) is 18.4 Å². The molecule has 2 aliphatic rings. The number of urea groups is 1. The molecular weight excluding hydrogens is 382 g/mol. The number of hydrogen-bond donors (Lipinski definition) is 2. The van der Waals surface area contributed by atoms with Crippen LogP contribution in [0.15, 0.2) is 29.8 Å². The van der Waals surface area contributed by atoms with Gasteiger partial charge >= 0.3 is 6.03 Å². The first-order valence-electron chi connectivity index (χ1n) is 10.8.